The maximum Gasteiger partial charge on any atom is 0.0406 e. The molecule has 94 valence electrons. The van der Waals surface area contributed by atoms with E-state index in [4.69, 9.17) is 11.6 Å². The lowest BCUT2D eigenvalue weighted by Gasteiger charge is -2.22. The molecule has 0 saturated heterocycles. The number of aryl methyl sites for hydroxylation is 1. The fraction of sp³-hybridized carbons (Fsp3) is 0.600. The van der Waals surface area contributed by atoms with Crippen molar-refractivity contribution < 1.29 is 0 Å². The van der Waals surface area contributed by atoms with E-state index in [1.807, 2.05) is 12.1 Å². The summed E-state index contributed by atoms with van der Waals surface area (Å²) in [4.78, 5) is 0. The summed E-state index contributed by atoms with van der Waals surface area (Å²) < 4.78 is 0. The minimum absolute atomic E-state index is 0.786. The van der Waals surface area contributed by atoms with Crippen molar-refractivity contribution in [1.82, 2.24) is 5.32 Å². The first kappa shape index (κ1) is 12.9. The second-order valence-electron chi connectivity index (χ2n) is 5.02. The Bertz CT molecular complexity index is 314. The molecule has 0 unspecified atom stereocenters. The molecule has 17 heavy (non-hydrogen) atoms. The second kappa shape index (κ2) is 7.03. The van der Waals surface area contributed by atoms with Gasteiger partial charge in [0.1, 0.15) is 0 Å². The first-order chi connectivity index (χ1) is 8.34. The molecule has 1 nitrogen and oxygen atoms in total. The third-order valence-electron chi connectivity index (χ3n) is 3.59. The molecule has 0 bridgehead atoms. The van der Waals surface area contributed by atoms with E-state index in [1.54, 1.807) is 0 Å². The van der Waals surface area contributed by atoms with Gasteiger partial charge >= 0.3 is 0 Å². The Morgan fingerprint density at radius 3 is 2.47 bits per heavy atom. The second-order valence-corrected chi connectivity index (χ2v) is 5.46. The van der Waals surface area contributed by atoms with Crippen LogP contribution in [0.3, 0.4) is 0 Å². The first-order valence-corrected chi connectivity index (χ1v) is 7.20. The van der Waals surface area contributed by atoms with Gasteiger partial charge in [-0.1, -0.05) is 43.0 Å². The minimum Gasteiger partial charge on any atom is -0.314 e. The van der Waals surface area contributed by atoms with Gasteiger partial charge < -0.3 is 5.32 Å². The molecule has 0 aliphatic heterocycles. The number of halogens is 1. The molecule has 1 aliphatic carbocycles. The summed E-state index contributed by atoms with van der Waals surface area (Å²) in [6.45, 7) is 1.15. The summed E-state index contributed by atoms with van der Waals surface area (Å²) in [5.74, 6) is 0. The highest BCUT2D eigenvalue weighted by Crippen LogP contribution is 2.17. The van der Waals surface area contributed by atoms with Crippen LogP contribution in [0, 0.1) is 0 Å². The Morgan fingerprint density at radius 2 is 1.76 bits per heavy atom. The Balaban J connectivity index is 1.60. The molecule has 0 radical (unpaired) electrons. The zero-order valence-corrected chi connectivity index (χ0v) is 11.2. The summed E-state index contributed by atoms with van der Waals surface area (Å²) in [6, 6.07) is 9.00. The monoisotopic (exact) mass is 251 g/mol. The van der Waals surface area contributed by atoms with Crippen LogP contribution in [-0.2, 0) is 6.42 Å². The van der Waals surface area contributed by atoms with Crippen molar-refractivity contribution in [2.45, 2.75) is 51.0 Å². The largest absolute Gasteiger partial charge is 0.314 e. The Hall–Kier alpha value is -0.530. The van der Waals surface area contributed by atoms with Crippen LogP contribution in [-0.4, -0.2) is 12.6 Å². The van der Waals surface area contributed by atoms with Gasteiger partial charge in [0.25, 0.3) is 0 Å². The van der Waals surface area contributed by atoms with Crippen LogP contribution in [0.4, 0.5) is 0 Å². The lowest BCUT2D eigenvalue weighted by atomic mass is 9.95. The third kappa shape index (κ3) is 4.69. The number of benzene rings is 1. The molecule has 0 aromatic heterocycles. The number of nitrogens with one attached hydrogen (secondary N) is 1. The van der Waals surface area contributed by atoms with Crippen LogP contribution in [0.15, 0.2) is 24.3 Å². The summed E-state index contributed by atoms with van der Waals surface area (Å²) in [6.07, 6.45) is 9.38. The van der Waals surface area contributed by atoms with Gasteiger partial charge in [-0.25, -0.2) is 0 Å². The number of rotatable bonds is 5. The van der Waals surface area contributed by atoms with E-state index in [9.17, 15) is 0 Å². The highest BCUT2D eigenvalue weighted by atomic mass is 35.5. The van der Waals surface area contributed by atoms with Gasteiger partial charge in [-0.3, -0.25) is 0 Å². The van der Waals surface area contributed by atoms with Gasteiger partial charge in [0, 0.05) is 11.1 Å². The van der Waals surface area contributed by atoms with Crippen molar-refractivity contribution >= 4 is 11.6 Å². The highest BCUT2D eigenvalue weighted by molar-refractivity contribution is 6.30. The maximum absolute atomic E-state index is 5.86. The molecule has 1 N–H and O–H groups in total. The normalized spacial score (nSPS) is 17.2. The van der Waals surface area contributed by atoms with E-state index < -0.39 is 0 Å². The molecule has 1 saturated carbocycles. The molecule has 1 fully saturated rings. The summed E-state index contributed by atoms with van der Waals surface area (Å²) in [7, 11) is 0. The standard InChI is InChI=1S/C15H22ClN/c16-14-10-8-13(9-11-14)5-4-12-17-15-6-2-1-3-7-15/h8-11,15,17H,1-7,12H2. The van der Waals surface area contributed by atoms with Gasteiger partial charge in [-0.15, -0.1) is 0 Å². The molecule has 1 aromatic carbocycles. The quantitative estimate of drug-likeness (QED) is 0.774. The van der Waals surface area contributed by atoms with Crippen LogP contribution >= 0.6 is 11.6 Å². The fourth-order valence-electron chi connectivity index (χ4n) is 2.56. The van der Waals surface area contributed by atoms with E-state index in [-0.39, 0.29) is 0 Å². The van der Waals surface area contributed by atoms with E-state index >= 15 is 0 Å². The first-order valence-electron chi connectivity index (χ1n) is 6.82. The topological polar surface area (TPSA) is 12.0 Å². The molecular weight excluding hydrogens is 230 g/mol. The van der Waals surface area contributed by atoms with Crippen molar-refractivity contribution in [2.24, 2.45) is 0 Å². The molecule has 1 aliphatic rings. The van der Waals surface area contributed by atoms with E-state index in [0.29, 0.717) is 0 Å². The number of hydrogen-bond acceptors (Lipinski definition) is 1. The van der Waals surface area contributed by atoms with Crippen molar-refractivity contribution in [3.63, 3.8) is 0 Å². The Morgan fingerprint density at radius 1 is 1.06 bits per heavy atom. The smallest absolute Gasteiger partial charge is 0.0406 e. The van der Waals surface area contributed by atoms with Crippen molar-refractivity contribution in [3.05, 3.63) is 34.9 Å². The van der Waals surface area contributed by atoms with Crippen LogP contribution < -0.4 is 5.32 Å². The van der Waals surface area contributed by atoms with E-state index in [2.05, 4.69) is 17.4 Å². The zero-order chi connectivity index (χ0) is 11.9. The van der Waals surface area contributed by atoms with Crippen LogP contribution in [0.1, 0.15) is 44.1 Å². The lowest BCUT2D eigenvalue weighted by molar-refractivity contribution is 0.372. The Labute approximate surface area is 110 Å². The molecule has 0 spiro atoms. The van der Waals surface area contributed by atoms with Gasteiger partial charge in [0.2, 0.25) is 0 Å². The summed E-state index contributed by atoms with van der Waals surface area (Å²) in [5.41, 5.74) is 1.39. The fourth-order valence-corrected chi connectivity index (χ4v) is 2.68. The van der Waals surface area contributed by atoms with E-state index in [1.165, 1.54) is 44.1 Å². The van der Waals surface area contributed by atoms with Gasteiger partial charge in [0.15, 0.2) is 0 Å². The van der Waals surface area contributed by atoms with Crippen LogP contribution in [0.2, 0.25) is 5.02 Å². The van der Waals surface area contributed by atoms with E-state index in [0.717, 1.165) is 24.0 Å². The van der Waals surface area contributed by atoms with Crippen molar-refractivity contribution in [3.8, 4) is 0 Å². The molecule has 2 rings (SSSR count). The van der Waals surface area contributed by atoms with Crippen LogP contribution in [0.5, 0.6) is 0 Å². The highest BCUT2D eigenvalue weighted by Gasteiger charge is 2.11. The average Bonchev–Trinajstić information content (AvgIpc) is 2.38. The number of hydrogen-bond donors (Lipinski definition) is 1. The lowest BCUT2D eigenvalue weighted by Crippen LogP contribution is -2.31. The summed E-state index contributed by atoms with van der Waals surface area (Å²) >= 11 is 5.86. The molecule has 1 aromatic rings. The zero-order valence-electron chi connectivity index (χ0n) is 10.4. The predicted molar refractivity (Wildman–Crippen MR) is 74.6 cm³/mol. The summed E-state index contributed by atoms with van der Waals surface area (Å²) in [5, 5.41) is 4.51. The molecule has 0 heterocycles. The minimum atomic E-state index is 0.786. The SMILES string of the molecule is Clc1ccc(CCCNC2CCCCC2)cc1. The third-order valence-corrected chi connectivity index (χ3v) is 3.85. The maximum atomic E-state index is 5.86. The molecular formula is C15H22ClN. The predicted octanol–water partition coefficient (Wildman–Crippen LogP) is 4.19. The average molecular weight is 252 g/mol. The van der Waals surface area contributed by atoms with Gasteiger partial charge in [0.05, 0.1) is 0 Å². The molecule has 0 amide bonds. The van der Waals surface area contributed by atoms with Crippen molar-refractivity contribution in [1.29, 1.82) is 0 Å². The molecule has 0 atom stereocenters. The molecule has 2 heteroatoms. The van der Waals surface area contributed by atoms with Crippen LogP contribution in [0.25, 0.3) is 0 Å². The van der Waals surface area contributed by atoms with Gasteiger partial charge in [-0.05, 0) is 49.9 Å². The Kier molecular flexibility index (Phi) is 5.34. The van der Waals surface area contributed by atoms with Crippen molar-refractivity contribution in [2.75, 3.05) is 6.54 Å². The van der Waals surface area contributed by atoms with Gasteiger partial charge in [-0.2, -0.15) is 0 Å².